The van der Waals surface area contributed by atoms with E-state index in [1.54, 1.807) is 6.07 Å². The van der Waals surface area contributed by atoms with Crippen LogP contribution < -0.4 is 5.43 Å². The number of aryl methyl sites for hydroxylation is 1. The maximum Gasteiger partial charge on any atom is 0.221 e. The van der Waals surface area contributed by atoms with Crippen molar-refractivity contribution >= 4 is 15.9 Å². The van der Waals surface area contributed by atoms with Crippen LogP contribution in [0.25, 0.3) is 0 Å². The molecule has 64 valence electrons. The second-order valence-electron chi connectivity index (χ2n) is 2.43. The molecule has 0 fully saturated rings. The van der Waals surface area contributed by atoms with Crippen LogP contribution in [-0.2, 0) is 6.42 Å². The summed E-state index contributed by atoms with van der Waals surface area (Å²) in [5.74, 6) is -0.211. The van der Waals surface area contributed by atoms with Crippen LogP contribution >= 0.6 is 15.9 Å². The predicted octanol–water partition coefficient (Wildman–Crippen LogP) is 2.08. The molecule has 1 rings (SSSR count). The van der Waals surface area contributed by atoms with Gasteiger partial charge in [0.1, 0.15) is 0 Å². The summed E-state index contributed by atoms with van der Waals surface area (Å²) in [7, 11) is 0. The fourth-order valence-electron chi connectivity index (χ4n) is 0.937. The Hall–Kier alpha value is -0.830. The molecular weight excluding hydrogens is 220 g/mol. The Morgan fingerprint density at radius 2 is 2.17 bits per heavy atom. The lowest BCUT2D eigenvalue weighted by molar-refractivity contribution is 0.467. The second kappa shape index (κ2) is 3.72. The molecule has 0 saturated heterocycles. The minimum Gasteiger partial charge on any atom is -0.503 e. The lowest BCUT2D eigenvalue weighted by Gasteiger charge is -1.95. The van der Waals surface area contributed by atoms with Gasteiger partial charge in [-0.15, -0.1) is 0 Å². The minimum absolute atomic E-state index is 0.211. The molecule has 0 aromatic heterocycles. The van der Waals surface area contributed by atoms with E-state index in [9.17, 15) is 9.90 Å². The maximum atomic E-state index is 11.0. The average Bonchev–Trinajstić information content (AvgIpc) is 2.19. The molecular formula is C9H9BrO2. The van der Waals surface area contributed by atoms with Crippen molar-refractivity contribution in [2.24, 2.45) is 0 Å². The number of hydrogen-bond acceptors (Lipinski definition) is 2. The van der Waals surface area contributed by atoms with Crippen molar-refractivity contribution in [2.45, 2.75) is 13.3 Å². The Morgan fingerprint density at radius 1 is 1.50 bits per heavy atom. The van der Waals surface area contributed by atoms with Crippen LogP contribution in [0.1, 0.15) is 12.5 Å². The summed E-state index contributed by atoms with van der Waals surface area (Å²) in [6.45, 7) is 1.96. The fraction of sp³-hybridized carbons (Fsp3) is 0.222. The second-order valence-corrected chi connectivity index (χ2v) is 3.22. The van der Waals surface area contributed by atoms with E-state index in [0.717, 1.165) is 12.0 Å². The molecule has 3 heteroatoms. The van der Waals surface area contributed by atoms with Gasteiger partial charge in [0, 0.05) is 0 Å². The predicted molar refractivity (Wildman–Crippen MR) is 51.5 cm³/mol. The van der Waals surface area contributed by atoms with Gasteiger partial charge >= 0.3 is 0 Å². The Kier molecular flexibility index (Phi) is 2.87. The highest BCUT2D eigenvalue weighted by molar-refractivity contribution is 9.10. The number of rotatable bonds is 1. The van der Waals surface area contributed by atoms with Gasteiger partial charge in [-0.2, -0.15) is 0 Å². The van der Waals surface area contributed by atoms with Gasteiger partial charge in [0.25, 0.3) is 0 Å². The Morgan fingerprint density at radius 3 is 2.75 bits per heavy atom. The molecule has 0 saturated carbocycles. The molecule has 0 aliphatic carbocycles. The van der Waals surface area contributed by atoms with Crippen molar-refractivity contribution < 1.29 is 5.11 Å². The zero-order valence-electron chi connectivity index (χ0n) is 6.67. The zero-order valence-corrected chi connectivity index (χ0v) is 8.26. The molecule has 0 atom stereocenters. The summed E-state index contributed by atoms with van der Waals surface area (Å²) in [5, 5.41) is 9.32. The van der Waals surface area contributed by atoms with Gasteiger partial charge in [0.15, 0.2) is 5.75 Å². The van der Waals surface area contributed by atoms with E-state index in [0.29, 0.717) is 4.47 Å². The summed E-state index contributed by atoms with van der Waals surface area (Å²) < 4.78 is 0.500. The molecule has 0 bridgehead atoms. The average molecular weight is 229 g/mol. The lowest BCUT2D eigenvalue weighted by Crippen LogP contribution is -1.93. The highest BCUT2D eigenvalue weighted by Crippen LogP contribution is 2.22. The first-order valence-electron chi connectivity index (χ1n) is 3.67. The Labute approximate surface area is 79.0 Å². The molecule has 2 nitrogen and oxygen atoms in total. The first-order chi connectivity index (χ1) is 5.66. The third-order valence-corrected chi connectivity index (χ3v) is 2.53. The van der Waals surface area contributed by atoms with E-state index in [1.165, 1.54) is 6.07 Å². The smallest absolute Gasteiger partial charge is 0.221 e. The molecule has 1 aromatic rings. The fourth-order valence-corrected chi connectivity index (χ4v) is 1.54. The van der Waals surface area contributed by atoms with Crippen molar-refractivity contribution in [3.05, 3.63) is 38.5 Å². The minimum atomic E-state index is -0.360. The monoisotopic (exact) mass is 228 g/mol. The molecule has 0 amide bonds. The summed E-state index contributed by atoms with van der Waals surface area (Å²) >= 11 is 3.17. The van der Waals surface area contributed by atoms with Crippen LogP contribution in [0, 0.1) is 0 Å². The van der Waals surface area contributed by atoms with E-state index < -0.39 is 0 Å². The van der Waals surface area contributed by atoms with Crippen molar-refractivity contribution in [2.75, 3.05) is 0 Å². The Balaban J connectivity index is 3.52. The van der Waals surface area contributed by atoms with E-state index in [4.69, 9.17) is 0 Å². The third kappa shape index (κ3) is 1.67. The quantitative estimate of drug-likeness (QED) is 0.800. The van der Waals surface area contributed by atoms with E-state index in [1.807, 2.05) is 13.0 Å². The molecule has 1 aromatic carbocycles. The third-order valence-electron chi connectivity index (χ3n) is 1.65. The van der Waals surface area contributed by atoms with Crippen molar-refractivity contribution in [3.8, 4) is 5.75 Å². The molecule has 0 aliphatic heterocycles. The molecule has 0 radical (unpaired) electrons. The van der Waals surface area contributed by atoms with Crippen molar-refractivity contribution in [1.29, 1.82) is 0 Å². The van der Waals surface area contributed by atoms with Crippen LogP contribution in [0.2, 0.25) is 0 Å². The topological polar surface area (TPSA) is 37.3 Å². The molecule has 0 heterocycles. The number of aromatic hydroxyl groups is 1. The van der Waals surface area contributed by atoms with E-state index in [2.05, 4.69) is 15.9 Å². The standard InChI is InChI=1S/C9H9BrO2/c1-2-6-4-3-5-7(11)9(12)8(6)10/h3-5H,2H2,1H3,(H,11,12). The van der Waals surface area contributed by atoms with Crippen LogP contribution in [-0.4, -0.2) is 5.11 Å². The SMILES string of the molecule is CCc1cccc(=O)c(O)c1Br. The van der Waals surface area contributed by atoms with Gasteiger partial charge < -0.3 is 5.11 Å². The van der Waals surface area contributed by atoms with Crippen LogP contribution in [0.4, 0.5) is 0 Å². The van der Waals surface area contributed by atoms with Crippen LogP contribution in [0.15, 0.2) is 27.5 Å². The van der Waals surface area contributed by atoms with Gasteiger partial charge in [0.2, 0.25) is 5.43 Å². The van der Waals surface area contributed by atoms with Gasteiger partial charge in [0.05, 0.1) is 4.47 Å². The summed E-state index contributed by atoms with van der Waals surface area (Å²) in [6.07, 6.45) is 0.780. The van der Waals surface area contributed by atoms with Crippen molar-refractivity contribution in [1.82, 2.24) is 0 Å². The highest BCUT2D eigenvalue weighted by atomic mass is 79.9. The van der Waals surface area contributed by atoms with Gasteiger partial charge in [-0.3, -0.25) is 4.79 Å². The first kappa shape index (κ1) is 9.26. The molecule has 0 aliphatic rings. The first-order valence-corrected chi connectivity index (χ1v) is 4.46. The Bertz CT molecular complexity index is 347. The van der Waals surface area contributed by atoms with Crippen molar-refractivity contribution in [3.63, 3.8) is 0 Å². The number of halogens is 1. The molecule has 1 N–H and O–H groups in total. The van der Waals surface area contributed by atoms with Crippen LogP contribution in [0.3, 0.4) is 0 Å². The molecule has 0 unspecified atom stereocenters. The molecule has 12 heavy (non-hydrogen) atoms. The summed E-state index contributed by atoms with van der Waals surface area (Å²) in [5.41, 5.74) is 0.566. The van der Waals surface area contributed by atoms with E-state index >= 15 is 0 Å². The zero-order chi connectivity index (χ0) is 9.14. The molecule has 0 spiro atoms. The van der Waals surface area contributed by atoms with Gasteiger partial charge in [-0.1, -0.05) is 19.1 Å². The number of hydrogen-bond donors (Lipinski definition) is 1. The van der Waals surface area contributed by atoms with Gasteiger partial charge in [-0.25, -0.2) is 0 Å². The maximum absolute atomic E-state index is 11.0. The van der Waals surface area contributed by atoms with E-state index in [-0.39, 0.29) is 11.2 Å². The summed E-state index contributed by atoms with van der Waals surface area (Å²) in [4.78, 5) is 11.0. The van der Waals surface area contributed by atoms with Gasteiger partial charge in [-0.05, 0) is 34.0 Å². The van der Waals surface area contributed by atoms with Crippen LogP contribution in [0.5, 0.6) is 5.75 Å². The normalized spacial score (nSPS) is 9.83. The summed E-state index contributed by atoms with van der Waals surface area (Å²) in [6, 6.07) is 4.80. The largest absolute Gasteiger partial charge is 0.503 e. The highest BCUT2D eigenvalue weighted by Gasteiger charge is 2.03. The lowest BCUT2D eigenvalue weighted by atomic mass is 10.2.